The van der Waals surface area contributed by atoms with E-state index in [-0.39, 0.29) is 0 Å². The van der Waals surface area contributed by atoms with Gasteiger partial charge in [0.2, 0.25) is 0 Å². The maximum atomic E-state index is 12.5. The largest absolute Gasteiger partial charge is 0.416 e. The molecule has 1 aliphatic carbocycles. The van der Waals surface area contributed by atoms with Crippen LogP contribution in [0.1, 0.15) is 49.3 Å². The first-order valence-corrected chi connectivity index (χ1v) is 7.53. The molecule has 0 bridgehead atoms. The molecule has 1 saturated carbocycles. The van der Waals surface area contributed by atoms with E-state index in [2.05, 4.69) is 5.32 Å². The molecule has 2 N–H and O–H groups in total. The minimum atomic E-state index is -4.33. The predicted molar refractivity (Wildman–Crippen MR) is 75.8 cm³/mol. The third kappa shape index (κ3) is 5.00. The van der Waals surface area contributed by atoms with Gasteiger partial charge in [0.05, 0.1) is 11.7 Å². The number of aliphatic hydroxyl groups excluding tert-OH is 1. The van der Waals surface area contributed by atoms with Gasteiger partial charge in [0, 0.05) is 6.54 Å². The van der Waals surface area contributed by atoms with E-state index in [1.165, 1.54) is 44.2 Å². The standard InChI is InChI=1S/C16H22F3NO/c17-16(18,19)14-8-6-13(7-9-14)15(21)11-20-10-12-4-2-1-3-5-12/h6-9,12,15,20-21H,1-5,10-11H2. The maximum absolute atomic E-state index is 12.5. The Morgan fingerprint density at radius 2 is 1.71 bits per heavy atom. The Kier molecular flexibility index (Phi) is 5.65. The predicted octanol–water partition coefficient (Wildman–Crippen LogP) is 3.91. The third-order valence-electron chi connectivity index (χ3n) is 4.12. The molecule has 0 spiro atoms. The fourth-order valence-electron chi connectivity index (χ4n) is 2.83. The lowest BCUT2D eigenvalue weighted by molar-refractivity contribution is -0.137. The van der Waals surface area contributed by atoms with Crippen molar-refractivity contribution in [2.45, 2.75) is 44.4 Å². The Morgan fingerprint density at radius 3 is 2.29 bits per heavy atom. The summed E-state index contributed by atoms with van der Waals surface area (Å²) in [5.74, 6) is 0.665. The molecule has 2 nitrogen and oxygen atoms in total. The van der Waals surface area contributed by atoms with Crippen LogP contribution in [0.5, 0.6) is 0 Å². The van der Waals surface area contributed by atoms with Crippen LogP contribution in [0.25, 0.3) is 0 Å². The Hall–Kier alpha value is -1.07. The molecule has 1 aromatic carbocycles. The first-order valence-electron chi connectivity index (χ1n) is 7.53. The first-order chi connectivity index (χ1) is 9.97. The molecule has 1 fully saturated rings. The highest BCUT2D eigenvalue weighted by Crippen LogP contribution is 2.30. The van der Waals surface area contributed by atoms with E-state index in [0.29, 0.717) is 18.0 Å². The van der Waals surface area contributed by atoms with Crippen molar-refractivity contribution in [3.05, 3.63) is 35.4 Å². The summed E-state index contributed by atoms with van der Waals surface area (Å²) in [6, 6.07) is 4.71. The number of aliphatic hydroxyl groups is 1. The van der Waals surface area contributed by atoms with Crippen molar-refractivity contribution in [2.24, 2.45) is 5.92 Å². The van der Waals surface area contributed by atoms with E-state index in [1.54, 1.807) is 0 Å². The van der Waals surface area contributed by atoms with Gasteiger partial charge in [-0.2, -0.15) is 13.2 Å². The highest BCUT2D eigenvalue weighted by atomic mass is 19.4. The second-order valence-corrected chi connectivity index (χ2v) is 5.80. The van der Waals surface area contributed by atoms with Crippen molar-refractivity contribution >= 4 is 0 Å². The first kappa shape index (κ1) is 16.3. The Balaban J connectivity index is 1.78. The molecule has 0 radical (unpaired) electrons. The molecule has 5 heteroatoms. The maximum Gasteiger partial charge on any atom is 0.416 e. The molecule has 0 saturated heterocycles. The van der Waals surface area contributed by atoms with E-state index < -0.39 is 17.8 Å². The summed E-state index contributed by atoms with van der Waals surface area (Å²) in [5, 5.41) is 13.2. The molecule has 1 atom stereocenters. The van der Waals surface area contributed by atoms with Crippen LogP contribution < -0.4 is 5.32 Å². The average molecular weight is 301 g/mol. The van der Waals surface area contributed by atoms with Crippen molar-refractivity contribution in [1.29, 1.82) is 0 Å². The van der Waals surface area contributed by atoms with E-state index in [4.69, 9.17) is 0 Å². The van der Waals surface area contributed by atoms with Gasteiger partial charge in [0.15, 0.2) is 0 Å². The van der Waals surface area contributed by atoms with Gasteiger partial charge in [-0.1, -0.05) is 31.4 Å². The van der Waals surface area contributed by atoms with Crippen LogP contribution in [0.4, 0.5) is 13.2 Å². The van der Waals surface area contributed by atoms with Crippen LogP contribution in [0.2, 0.25) is 0 Å². The highest BCUT2D eigenvalue weighted by Gasteiger charge is 2.30. The van der Waals surface area contributed by atoms with Crippen LogP contribution in [-0.4, -0.2) is 18.2 Å². The molecule has 118 valence electrons. The Morgan fingerprint density at radius 1 is 1.10 bits per heavy atom. The molecular weight excluding hydrogens is 279 g/mol. The fourth-order valence-corrected chi connectivity index (χ4v) is 2.83. The molecule has 0 heterocycles. The van der Waals surface area contributed by atoms with Crippen molar-refractivity contribution in [3.63, 3.8) is 0 Å². The normalized spacial score (nSPS) is 18.7. The van der Waals surface area contributed by atoms with E-state index in [0.717, 1.165) is 18.7 Å². The summed E-state index contributed by atoms with van der Waals surface area (Å²) in [4.78, 5) is 0. The SMILES string of the molecule is OC(CNCC1CCCCC1)c1ccc(C(F)(F)F)cc1. The fraction of sp³-hybridized carbons (Fsp3) is 0.625. The number of alkyl halides is 3. The van der Waals surface area contributed by atoms with Crippen LogP contribution in [0, 0.1) is 5.92 Å². The van der Waals surface area contributed by atoms with Crippen molar-refractivity contribution in [1.82, 2.24) is 5.32 Å². The van der Waals surface area contributed by atoms with Crippen molar-refractivity contribution in [3.8, 4) is 0 Å². The zero-order valence-corrected chi connectivity index (χ0v) is 12.0. The average Bonchev–Trinajstić information content (AvgIpc) is 2.47. The molecule has 1 aromatic rings. The van der Waals surface area contributed by atoms with Gasteiger partial charge < -0.3 is 10.4 Å². The lowest BCUT2D eigenvalue weighted by Crippen LogP contribution is -2.28. The Labute approximate surface area is 123 Å². The van der Waals surface area contributed by atoms with Crippen molar-refractivity contribution < 1.29 is 18.3 Å². The summed E-state index contributed by atoms with van der Waals surface area (Å²) in [7, 11) is 0. The molecule has 21 heavy (non-hydrogen) atoms. The zero-order valence-electron chi connectivity index (χ0n) is 12.0. The lowest BCUT2D eigenvalue weighted by atomic mass is 9.89. The molecule has 0 amide bonds. The Bertz CT molecular complexity index is 424. The number of benzene rings is 1. The summed E-state index contributed by atoms with van der Waals surface area (Å²) >= 11 is 0. The van der Waals surface area contributed by atoms with E-state index >= 15 is 0 Å². The van der Waals surface area contributed by atoms with Crippen LogP contribution in [0.3, 0.4) is 0 Å². The molecule has 0 aliphatic heterocycles. The smallest absolute Gasteiger partial charge is 0.387 e. The van der Waals surface area contributed by atoms with Crippen molar-refractivity contribution in [2.75, 3.05) is 13.1 Å². The second-order valence-electron chi connectivity index (χ2n) is 5.80. The highest BCUT2D eigenvalue weighted by molar-refractivity contribution is 5.26. The number of rotatable bonds is 5. The number of nitrogens with one attached hydrogen (secondary N) is 1. The van der Waals surface area contributed by atoms with Gasteiger partial charge in [-0.3, -0.25) is 0 Å². The topological polar surface area (TPSA) is 32.3 Å². The molecule has 2 rings (SSSR count). The minimum Gasteiger partial charge on any atom is -0.387 e. The minimum absolute atomic E-state index is 0.377. The van der Waals surface area contributed by atoms with Crippen LogP contribution in [0.15, 0.2) is 24.3 Å². The van der Waals surface area contributed by atoms with Gasteiger partial charge in [-0.05, 0) is 43.0 Å². The third-order valence-corrected chi connectivity index (χ3v) is 4.12. The van der Waals surface area contributed by atoms with E-state index in [9.17, 15) is 18.3 Å². The van der Waals surface area contributed by atoms with Gasteiger partial charge in [-0.15, -0.1) is 0 Å². The van der Waals surface area contributed by atoms with Crippen LogP contribution >= 0.6 is 0 Å². The number of hydrogen-bond acceptors (Lipinski definition) is 2. The quantitative estimate of drug-likeness (QED) is 0.864. The molecule has 0 aromatic heterocycles. The molecular formula is C16H22F3NO. The van der Waals surface area contributed by atoms with Gasteiger partial charge in [0.1, 0.15) is 0 Å². The summed E-state index contributed by atoms with van der Waals surface area (Å²) < 4.78 is 37.4. The van der Waals surface area contributed by atoms with Crippen LogP contribution in [-0.2, 0) is 6.18 Å². The van der Waals surface area contributed by atoms with Gasteiger partial charge >= 0.3 is 6.18 Å². The van der Waals surface area contributed by atoms with Gasteiger partial charge in [0.25, 0.3) is 0 Å². The summed E-state index contributed by atoms with van der Waals surface area (Å²) in [5.41, 5.74) is -0.173. The second kappa shape index (κ2) is 7.27. The number of halogens is 3. The summed E-state index contributed by atoms with van der Waals surface area (Å²) in [6.45, 7) is 1.25. The van der Waals surface area contributed by atoms with E-state index in [1.807, 2.05) is 0 Å². The zero-order chi connectivity index (χ0) is 15.3. The monoisotopic (exact) mass is 301 g/mol. The molecule has 1 unspecified atom stereocenters. The van der Waals surface area contributed by atoms with Gasteiger partial charge in [-0.25, -0.2) is 0 Å². The summed E-state index contributed by atoms with van der Waals surface area (Å²) in [6.07, 6.45) is 1.21. The lowest BCUT2D eigenvalue weighted by Gasteiger charge is -2.22. The molecule has 1 aliphatic rings. The number of hydrogen-bond donors (Lipinski definition) is 2.